The second kappa shape index (κ2) is 7.78. The Morgan fingerprint density at radius 1 is 1.44 bits per heavy atom. The van der Waals surface area contributed by atoms with Crippen molar-refractivity contribution in [3.8, 4) is 0 Å². The molecular weight excluding hydrogens is 352 g/mol. The number of Topliss-reactive ketones (excluding diaryl/α,β-unsaturated/α-hetero) is 1. The van der Waals surface area contributed by atoms with Gasteiger partial charge in [0.15, 0.2) is 5.78 Å². The lowest BCUT2D eigenvalue weighted by Gasteiger charge is -2.33. The molecule has 2 aliphatic rings. The monoisotopic (exact) mass is 378 g/mol. The summed E-state index contributed by atoms with van der Waals surface area (Å²) in [6, 6.07) is 0. The van der Waals surface area contributed by atoms with Crippen LogP contribution in [0.4, 0.5) is 0 Å². The number of esters is 2. The van der Waals surface area contributed by atoms with Gasteiger partial charge in [0, 0.05) is 24.0 Å². The van der Waals surface area contributed by atoms with Gasteiger partial charge in [0.25, 0.3) is 0 Å². The highest BCUT2D eigenvalue weighted by molar-refractivity contribution is 5.92. The van der Waals surface area contributed by atoms with Crippen LogP contribution in [0.1, 0.15) is 40.5 Å². The van der Waals surface area contributed by atoms with Gasteiger partial charge in [-0.3, -0.25) is 4.79 Å². The molecule has 27 heavy (non-hydrogen) atoms. The molecule has 148 valence electrons. The van der Waals surface area contributed by atoms with Crippen LogP contribution in [0.3, 0.4) is 0 Å². The molecule has 0 unspecified atom stereocenters. The van der Waals surface area contributed by atoms with Crippen LogP contribution >= 0.6 is 0 Å². The molecule has 1 fully saturated rings. The van der Waals surface area contributed by atoms with E-state index in [1.165, 1.54) is 6.92 Å². The molecule has 1 aliphatic heterocycles. The zero-order chi connectivity index (χ0) is 20.5. The van der Waals surface area contributed by atoms with Gasteiger partial charge in [-0.05, 0) is 39.3 Å². The third-order valence-electron chi connectivity index (χ3n) is 5.21. The van der Waals surface area contributed by atoms with Crippen LogP contribution in [0.2, 0.25) is 0 Å². The standard InChI is InChI=1S/C20H26O7/c1-6-10(2)18(23)27-15-9-20(5,25)16(22)8-13(21)11(3)7-14-17(15)12(4)19(24)26-14/h6-7,13-15,17,21,25H,4,8-9H2,1-3,5H3/b10-6+,11-7-/t13-,14+,15-,17+,20-/m1/s1. The number of carbonyl (C=O) groups is 3. The van der Waals surface area contributed by atoms with Crippen molar-refractivity contribution < 1.29 is 34.1 Å². The fourth-order valence-corrected chi connectivity index (χ4v) is 3.20. The maximum atomic E-state index is 12.5. The first kappa shape index (κ1) is 21.1. The quantitative estimate of drug-likeness (QED) is 0.424. The minimum absolute atomic E-state index is 0.0956. The number of aliphatic hydroxyl groups is 2. The number of hydrogen-bond donors (Lipinski definition) is 2. The molecule has 0 aromatic rings. The maximum Gasteiger partial charge on any atom is 0.334 e. The normalized spacial score (nSPS) is 37.2. The number of fused-ring (bicyclic) bond motifs is 1. The topological polar surface area (TPSA) is 110 Å². The lowest BCUT2D eigenvalue weighted by atomic mass is 9.79. The third-order valence-corrected chi connectivity index (χ3v) is 5.21. The van der Waals surface area contributed by atoms with Crippen LogP contribution in [0.15, 0.2) is 35.5 Å². The Kier molecular flexibility index (Phi) is 6.07. The molecule has 1 aliphatic carbocycles. The summed E-state index contributed by atoms with van der Waals surface area (Å²) in [7, 11) is 0. The van der Waals surface area contributed by atoms with Gasteiger partial charge >= 0.3 is 11.9 Å². The Morgan fingerprint density at radius 2 is 2.07 bits per heavy atom. The summed E-state index contributed by atoms with van der Waals surface area (Å²) < 4.78 is 10.9. The van der Waals surface area contributed by atoms with Crippen molar-refractivity contribution in [1.29, 1.82) is 0 Å². The lowest BCUT2D eigenvalue weighted by Crippen LogP contribution is -2.46. The van der Waals surface area contributed by atoms with Gasteiger partial charge in [0.2, 0.25) is 0 Å². The summed E-state index contributed by atoms with van der Waals surface area (Å²) in [5.41, 5.74) is -0.983. The van der Waals surface area contributed by atoms with E-state index in [0.29, 0.717) is 11.1 Å². The van der Waals surface area contributed by atoms with Crippen LogP contribution in [0, 0.1) is 5.92 Å². The predicted molar refractivity (Wildman–Crippen MR) is 96.4 cm³/mol. The van der Waals surface area contributed by atoms with Crippen LogP contribution in [0.25, 0.3) is 0 Å². The molecule has 1 heterocycles. The first-order chi connectivity index (χ1) is 12.5. The molecule has 0 radical (unpaired) electrons. The highest BCUT2D eigenvalue weighted by atomic mass is 16.6. The molecule has 2 N–H and O–H groups in total. The molecule has 5 atom stereocenters. The van der Waals surface area contributed by atoms with Crippen LogP contribution in [0.5, 0.6) is 0 Å². The van der Waals surface area contributed by atoms with E-state index in [-0.39, 0.29) is 18.4 Å². The highest BCUT2D eigenvalue weighted by Gasteiger charge is 2.48. The van der Waals surface area contributed by atoms with Crippen molar-refractivity contribution >= 4 is 17.7 Å². The third kappa shape index (κ3) is 4.36. The number of hydrogen-bond acceptors (Lipinski definition) is 7. The Bertz CT molecular complexity index is 729. The molecule has 7 nitrogen and oxygen atoms in total. The molecule has 0 amide bonds. The summed E-state index contributed by atoms with van der Waals surface area (Å²) >= 11 is 0. The van der Waals surface area contributed by atoms with Gasteiger partial charge in [-0.2, -0.15) is 0 Å². The highest BCUT2D eigenvalue weighted by Crippen LogP contribution is 2.37. The van der Waals surface area contributed by atoms with Gasteiger partial charge in [-0.25, -0.2) is 9.59 Å². The predicted octanol–water partition coefficient (Wildman–Crippen LogP) is 1.38. The second-order valence-electron chi connectivity index (χ2n) is 7.37. The molecule has 0 aromatic carbocycles. The molecule has 0 aromatic heterocycles. The fourth-order valence-electron chi connectivity index (χ4n) is 3.20. The Balaban J connectivity index is 2.52. The Hall–Kier alpha value is -2.25. The van der Waals surface area contributed by atoms with Crippen LogP contribution < -0.4 is 0 Å². The SMILES string of the molecule is C=C1C(=O)O[C@H]2/C=C(/C)[C@H](O)CC(=O)[C@](C)(O)C[C@@H](OC(=O)/C(C)=C/C)[C@@H]12. The van der Waals surface area contributed by atoms with Crippen molar-refractivity contribution in [2.45, 2.75) is 64.4 Å². The molecule has 1 saturated heterocycles. The number of allylic oxidation sites excluding steroid dienone is 1. The van der Waals surface area contributed by atoms with Gasteiger partial charge in [-0.1, -0.05) is 12.7 Å². The fraction of sp³-hybridized carbons (Fsp3) is 0.550. The summed E-state index contributed by atoms with van der Waals surface area (Å²) in [4.78, 5) is 36.8. The largest absolute Gasteiger partial charge is 0.458 e. The Morgan fingerprint density at radius 3 is 2.67 bits per heavy atom. The number of aliphatic hydroxyl groups excluding tert-OH is 1. The average Bonchev–Trinajstić information content (AvgIpc) is 2.86. The van der Waals surface area contributed by atoms with Gasteiger partial charge in [0.05, 0.1) is 12.0 Å². The smallest absolute Gasteiger partial charge is 0.334 e. The number of carbonyl (C=O) groups excluding carboxylic acids is 3. The van der Waals surface area contributed by atoms with Gasteiger partial charge in [0.1, 0.15) is 17.8 Å². The van der Waals surface area contributed by atoms with E-state index < -0.39 is 47.6 Å². The number of ketones is 1. The molecule has 0 spiro atoms. The second-order valence-corrected chi connectivity index (χ2v) is 7.37. The average molecular weight is 378 g/mol. The molecular formula is C20H26O7. The molecule has 0 bridgehead atoms. The number of rotatable bonds is 2. The summed E-state index contributed by atoms with van der Waals surface area (Å²) in [5.74, 6) is -2.61. The van der Waals surface area contributed by atoms with E-state index in [2.05, 4.69) is 6.58 Å². The molecule has 7 heteroatoms. The molecule has 2 rings (SSSR count). The van der Waals surface area contributed by atoms with E-state index in [1.54, 1.807) is 32.9 Å². The van der Waals surface area contributed by atoms with E-state index in [0.717, 1.165) is 0 Å². The summed E-state index contributed by atoms with van der Waals surface area (Å²) in [6.45, 7) is 9.91. The summed E-state index contributed by atoms with van der Waals surface area (Å²) in [6.07, 6.45) is -0.346. The van der Waals surface area contributed by atoms with Crippen molar-refractivity contribution in [2.75, 3.05) is 0 Å². The Labute approximate surface area is 158 Å². The van der Waals surface area contributed by atoms with Gasteiger partial charge < -0.3 is 19.7 Å². The van der Waals surface area contributed by atoms with E-state index in [9.17, 15) is 24.6 Å². The van der Waals surface area contributed by atoms with E-state index in [4.69, 9.17) is 9.47 Å². The van der Waals surface area contributed by atoms with Crippen molar-refractivity contribution in [3.05, 3.63) is 35.5 Å². The lowest BCUT2D eigenvalue weighted by molar-refractivity contribution is -0.156. The van der Waals surface area contributed by atoms with Crippen molar-refractivity contribution in [3.63, 3.8) is 0 Å². The van der Waals surface area contributed by atoms with E-state index >= 15 is 0 Å². The summed E-state index contributed by atoms with van der Waals surface area (Å²) in [5, 5.41) is 20.9. The van der Waals surface area contributed by atoms with Crippen LogP contribution in [-0.2, 0) is 23.9 Å². The first-order valence-corrected chi connectivity index (χ1v) is 8.83. The minimum atomic E-state index is -1.86. The molecule has 0 saturated carbocycles. The van der Waals surface area contributed by atoms with Gasteiger partial charge in [-0.15, -0.1) is 0 Å². The minimum Gasteiger partial charge on any atom is -0.458 e. The zero-order valence-electron chi connectivity index (χ0n) is 16.0. The first-order valence-electron chi connectivity index (χ1n) is 8.83. The van der Waals surface area contributed by atoms with E-state index in [1.807, 2.05) is 0 Å². The maximum absolute atomic E-state index is 12.5. The number of ether oxygens (including phenoxy) is 2. The van der Waals surface area contributed by atoms with Crippen molar-refractivity contribution in [2.24, 2.45) is 5.92 Å². The van der Waals surface area contributed by atoms with Crippen molar-refractivity contribution in [1.82, 2.24) is 0 Å². The zero-order valence-corrected chi connectivity index (χ0v) is 16.0. The van der Waals surface area contributed by atoms with Crippen LogP contribution in [-0.4, -0.2) is 51.8 Å².